The highest BCUT2D eigenvalue weighted by Crippen LogP contribution is 2.36. The van der Waals surface area contributed by atoms with E-state index >= 15 is 0 Å². The largest absolute Gasteiger partial charge is 0.506 e. The van der Waals surface area contributed by atoms with Crippen molar-refractivity contribution in [3.05, 3.63) is 27.2 Å². The molecule has 0 heterocycles. The SMILES string of the molecule is Cc1cc(C(O)C(=O)O)c(O)c(Br)c1C. The second kappa shape index (κ2) is 4.20. The average Bonchev–Trinajstić information content (AvgIpc) is 2.19. The zero-order chi connectivity index (χ0) is 11.7. The summed E-state index contributed by atoms with van der Waals surface area (Å²) in [5.41, 5.74) is 1.61. The minimum absolute atomic E-state index is 0.00234. The molecule has 0 spiro atoms. The van der Waals surface area contributed by atoms with Crippen LogP contribution in [-0.2, 0) is 4.79 Å². The fourth-order valence-electron chi connectivity index (χ4n) is 1.23. The summed E-state index contributed by atoms with van der Waals surface area (Å²) in [6.45, 7) is 3.56. The van der Waals surface area contributed by atoms with Crippen LogP contribution in [0.3, 0.4) is 0 Å². The first kappa shape index (κ1) is 12.0. The van der Waals surface area contributed by atoms with Crippen LogP contribution in [0.1, 0.15) is 22.8 Å². The van der Waals surface area contributed by atoms with Crippen molar-refractivity contribution in [3.8, 4) is 5.75 Å². The quantitative estimate of drug-likeness (QED) is 0.770. The minimum Gasteiger partial charge on any atom is -0.506 e. The van der Waals surface area contributed by atoms with Gasteiger partial charge in [0.15, 0.2) is 6.10 Å². The van der Waals surface area contributed by atoms with Gasteiger partial charge in [-0.1, -0.05) is 0 Å². The molecule has 1 unspecified atom stereocenters. The normalized spacial score (nSPS) is 12.5. The number of hydrogen-bond acceptors (Lipinski definition) is 3. The predicted octanol–water partition coefficient (Wildman–Crippen LogP) is 1.89. The monoisotopic (exact) mass is 274 g/mol. The molecule has 4 nitrogen and oxygen atoms in total. The third-order valence-electron chi connectivity index (χ3n) is 2.30. The van der Waals surface area contributed by atoms with Crippen LogP contribution in [0, 0.1) is 13.8 Å². The molecule has 0 amide bonds. The Balaban J connectivity index is 3.38. The molecular formula is C10H11BrO4. The molecule has 1 rings (SSSR count). The van der Waals surface area contributed by atoms with E-state index in [1.54, 1.807) is 13.8 Å². The second-order valence-electron chi connectivity index (χ2n) is 3.31. The molecule has 15 heavy (non-hydrogen) atoms. The zero-order valence-corrected chi connectivity index (χ0v) is 9.87. The highest BCUT2D eigenvalue weighted by molar-refractivity contribution is 9.10. The van der Waals surface area contributed by atoms with Gasteiger partial charge in [0.1, 0.15) is 5.75 Å². The summed E-state index contributed by atoms with van der Waals surface area (Å²) in [6.07, 6.45) is -1.71. The van der Waals surface area contributed by atoms with Crippen LogP contribution < -0.4 is 0 Å². The van der Waals surface area contributed by atoms with Gasteiger partial charge in [0.25, 0.3) is 0 Å². The zero-order valence-electron chi connectivity index (χ0n) is 8.28. The van der Waals surface area contributed by atoms with Crippen LogP contribution in [0.25, 0.3) is 0 Å². The summed E-state index contributed by atoms with van der Waals surface area (Å²) >= 11 is 3.14. The standard InChI is InChI=1S/C10H11BrO4/c1-4-3-6(9(13)10(14)15)8(12)7(11)5(4)2/h3,9,12-13H,1-2H3,(H,14,15). The van der Waals surface area contributed by atoms with Crippen molar-refractivity contribution >= 4 is 21.9 Å². The first-order chi connectivity index (χ1) is 6.86. The van der Waals surface area contributed by atoms with E-state index in [1.165, 1.54) is 6.07 Å². The predicted molar refractivity (Wildman–Crippen MR) is 57.9 cm³/mol. The van der Waals surface area contributed by atoms with Gasteiger partial charge in [-0.25, -0.2) is 4.79 Å². The van der Waals surface area contributed by atoms with Gasteiger partial charge >= 0.3 is 5.97 Å². The van der Waals surface area contributed by atoms with Crippen LogP contribution in [0.15, 0.2) is 10.5 Å². The Morgan fingerprint density at radius 1 is 1.47 bits per heavy atom. The molecule has 1 aromatic rings. The van der Waals surface area contributed by atoms with Crippen molar-refractivity contribution in [2.24, 2.45) is 0 Å². The van der Waals surface area contributed by atoms with E-state index in [4.69, 9.17) is 5.11 Å². The first-order valence-electron chi connectivity index (χ1n) is 4.25. The van der Waals surface area contributed by atoms with E-state index in [1.807, 2.05) is 0 Å². The van der Waals surface area contributed by atoms with E-state index < -0.39 is 12.1 Å². The van der Waals surface area contributed by atoms with Gasteiger partial charge in [0, 0.05) is 5.56 Å². The molecular weight excluding hydrogens is 264 g/mol. The molecule has 0 bridgehead atoms. The number of aryl methyl sites for hydroxylation is 1. The lowest BCUT2D eigenvalue weighted by atomic mass is 10.0. The number of rotatable bonds is 2. The average molecular weight is 275 g/mol. The van der Waals surface area contributed by atoms with Crippen molar-refractivity contribution in [1.82, 2.24) is 0 Å². The van der Waals surface area contributed by atoms with Crippen LogP contribution in [0.5, 0.6) is 5.75 Å². The Kier molecular flexibility index (Phi) is 3.36. The minimum atomic E-state index is -1.71. The number of hydrogen-bond donors (Lipinski definition) is 3. The maximum absolute atomic E-state index is 10.6. The number of phenolic OH excluding ortho intramolecular Hbond substituents is 1. The number of aliphatic carboxylic acids is 1. The van der Waals surface area contributed by atoms with Crippen LogP contribution in [0.2, 0.25) is 0 Å². The van der Waals surface area contributed by atoms with E-state index in [-0.39, 0.29) is 11.3 Å². The number of carboxylic acids is 1. The Labute approximate surface area is 95.3 Å². The lowest BCUT2D eigenvalue weighted by Crippen LogP contribution is -2.11. The van der Waals surface area contributed by atoms with Gasteiger partial charge in [-0.3, -0.25) is 0 Å². The molecule has 0 radical (unpaired) electrons. The number of carbonyl (C=O) groups is 1. The molecule has 0 saturated heterocycles. The number of phenols is 1. The molecule has 0 fully saturated rings. The van der Waals surface area contributed by atoms with Gasteiger partial charge in [-0.15, -0.1) is 0 Å². The van der Waals surface area contributed by atoms with E-state index in [0.717, 1.165) is 11.1 Å². The Bertz CT molecular complexity index is 414. The van der Waals surface area contributed by atoms with Gasteiger partial charge in [0.05, 0.1) is 4.47 Å². The molecule has 5 heteroatoms. The van der Waals surface area contributed by atoms with Crippen LogP contribution in [0.4, 0.5) is 0 Å². The number of halogens is 1. The van der Waals surface area contributed by atoms with Gasteiger partial charge in [-0.05, 0) is 47.0 Å². The molecule has 1 aromatic carbocycles. The van der Waals surface area contributed by atoms with Crippen molar-refractivity contribution < 1.29 is 20.1 Å². The first-order valence-corrected chi connectivity index (χ1v) is 5.05. The molecule has 0 aliphatic carbocycles. The Morgan fingerprint density at radius 3 is 2.47 bits per heavy atom. The number of aliphatic hydroxyl groups excluding tert-OH is 1. The van der Waals surface area contributed by atoms with Crippen molar-refractivity contribution in [2.75, 3.05) is 0 Å². The van der Waals surface area contributed by atoms with Gasteiger partial charge < -0.3 is 15.3 Å². The number of aromatic hydroxyl groups is 1. The number of aliphatic hydroxyl groups is 1. The number of benzene rings is 1. The summed E-state index contributed by atoms with van der Waals surface area (Å²) < 4.78 is 0.415. The van der Waals surface area contributed by atoms with E-state index in [2.05, 4.69) is 15.9 Å². The molecule has 0 aromatic heterocycles. The number of carboxylic acid groups (broad SMARTS) is 1. The summed E-state index contributed by atoms with van der Waals surface area (Å²) in [7, 11) is 0. The maximum Gasteiger partial charge on any atom is 0.337 e. The van der Waals surface area contributed by atoms with Gasteiger partial charge in [0.2, 0.25) is 0 Å². The fourth-order valence-corrected chi connectivity index (χ4v) is 1.77. The van der Waals surface area contributed by atoms with Crippen molar-refractivity contribution in [1.29, 1.82) is 0 Å². The maximum atomic E-state index is 10.6. The summed E-state index contributed by atoms with van der Waals surface area (Å²) in [6, 6.07) is 1.47. The Morgan fingerprint density at radius 2 is 2.00 bits per heavy atom. The third kappa shape index (κ3) is 2.13. The molecule has 1 atom stereocenters. The van der Waals surface area contributed by atoms with Crippen LogP contribution in [-0.4, -0.2) is 21.3 Å². The molecule has 0 aliphatic rings. The summed E-state index contributed by atoms with van der Waals surface area (Å²) in [5, 5.41) is 27.6. The Hall–Kier alpha value is -1.07. The van der Waals surface area contributed by atoms with Gasteiger partial charge in [-0.2, -0.15) is 0 Å². The fraction of sp³-hybridized carbons (Fsp3) is 0.300. The van der Waals surface area contributed by atoms with Crippen molar-refractivity contribution in [2.45, 2.75) is 20.0 Å². The molecule has 0 aliphatic heterocycles. The lowest BCUT2D eigenvalue weighted by molar-refractivity contribution is -0.147. The van der Waals surface area contributed by atoms with Crippen molar-refractivity contribution in [3.63, 3.8) is 0 Å². The highest BCUT2D eigenvalue weighted by atomic mass is 79.9. The summed E-state index contributed by atoms with van der Waals surface area (Å²) in [5.74, 6) is -1.62. The highest BCUT2D eigenvalue weighted by Gasteiger charge is 2.22. The summed E-state index contributed by atoms with van der Waals surface area (Å²) in [4.78, 5) is 10.6. The van der Waals surface area contributed by atoms with E-state index in [9.17, 15) is 15.0 Å². The second-order valence-corrected chi connectivity index (χ2v) is 4.10. The lowest BCUT2D eigenvalue weighted by Gasteiger charge is -2.13. The molecule has 82 valence electrons. The molecule has 3 N–H and O–H groups in total. The van der Waals surface area contributed by atoms with E-state index in [0.29, 0.717) is 4.47 Å². The topological polar surface area (TPSA) is 77.8 Å². The molecule has 0 saturated carbocycles. The van der Waals surface area contributed by atoms with Crippen LogP contribution >= 0.6 is 15.9 Å². The smallest absolute Gasteiger partial charge is 0.337 e. The third-order valence-corrected chi connectivity index (χ3v) is 3.27.